The van der Waals surface area contributed by atoms with E-state index in [4.69, 9.17) is 0 Å². The highest BCUT2D eigenvalue weighted by Crippen LogP contribution is 2.32. The Bertz CT molecular complexity index is 515. The van der Waals surface area contributed by atoms with Crippen LogP contribution in [0.2, 0.25) is 0 Å². The van der Waals surface area contributed by atoms with Crippen LogP contribution in [0.5, 0.6) is 0 Å². The van der Waals surface area contributed by atoms with Crippen molar-refractivity contribution in [3.8, 4) is 0 Å². The van der Waals surface area contributed by atoms with Crippen LogP contribution in [0.1, 0.15) is 72.7 Å². The van der Waals surface area contributed by atoms with Gasteiger partial charge < -0.3 is 15.6 Å². The first-order chi connectivity index (χ1) is 11.7. The standard InChI is InChI=1S/C15H23N3.3C2H6/c1-10(2)15(17-4)14-11-7-5-6-8-12(11)18-13(14)9-16-3;3*1-2/h5-8,10,15-18H,9H2,1-4H3;3*1-2H3. The molecule has 0 amide bonds. The molecule has 2 aromatic rings. The summed E-state index contributed by atoms with van der Waals surface area (Å²) in [6.45, 7) is 17.4. The van der Waals surface area contributed by atoms with Crippen LogP contribution >= 0.6 is 0 Å². The lowest BCUT2D eigenvalue weighted by molar-refractivity contribution is 0.442. The molecule has 0 radical (unpaired) electrons. The fraction of sp³-hybridized carbons (Fsp3) is 0.619. The molecule has 0 spiro atoms. The van der Waals surface area contributed by atoms with Crippen molar-refractivity contribution >= 4 is 10.9 Å². The highest BCUT2D eigenvalue weighted by atomic mass is 14.9. The number of fused-ring (bicyclic) bond motifs is 1. The van der Waals surface area contributed by atoms with E-state index in [1.807, 2.05) is 55.6 Å². The Morgan fingerprint density at radius 2 is 1.46 bits per heavy atom. The van der Waals surface area contributed by atoms with Crippen molar-refractivity contribution in [3.05, 3.63) is 35.5 Å². The maximum absolute atomic E-state index is 3.53. The molecule has 2 rings (SSSR count). The lowest BCUT2D eigenvalue weighted by Gasteiger charge is -2.21. The van der Waals surface area contributed by atoms with Crippen LogP contribution in [0.25, 0.3) is 10.9 Å². The Hall–Kier alpha value is -1.32. The molecule has 3 heteroatoms. The Labute approximate surface area is 150 Å². The quantitative estimate of drug-likeness (QED) is 0.638. The second-order valence-electron chi connectivity index (χ2n) is 5.10. The third-order valence-electron chi connectivity index (χ3n) is 3.47. The van der Waals surface area contributed by atoms with Crippen LogP contribution in [0.4, 0.5) is 0 Å². The predicted octanol–water partition coefficient (Wildman–Crippen LogP) is 5.88. The van der Waals surface area contributed by atoms with E-state index in [0.29, 0.717) is 12.0 Å². The summed E-state index contributed by atoms with van der Waals surface area (Å²) in [6.07, 6.45) is 0. The zero-order valence-corrected chi connectivity index (χ0v) is 17.7. The fourth-order valence-electron chi connectivity index (χ4n) is 2.70. The van der Waals surface area contributed by atoms with Gasteiger partial charge in [-0.2, -0.15) is 0 Å². The van der Waals surface area contributed by atoms with E-state index in [0.717, 1.165) is 6.54 Å². The van der Waals surface area contributed by atoms with E-state index >= 15 is 0 Å². The third kappa shape index (κ3) is 6.66. The van der Waals surface area contributed by atoms with Crippen LogP contribution in [-0.2, 0) is 6.54 Å². The summed E-state index contributed by atoms with van der Waals surface area (Å²) in [5, 5.41) is 8.02. The van der Waals surface area contributed by atoms with Crippen molar-refractivity contribution in [1.82, 2.24) is 15.6 Å². The van der Waals surface area contributed by atoms with Gasteiger partial charge in [0.2, 0.25) is 0 Å². The number of hydrogen-bond acceptors (Lipinski definition) is 2. The molecule has 1 aromatic carbocycles. The minimum absolute atomic E-state index is 0.379. The molecule has 0 saturated heterocycles. The van der Waals surface area contributed by atoms with Crippen molar-refractivity contribution in [3.63, 3.8) is 0 Å². The summed E-state index contributed by atoms with van der Waals surface area (Å²) >= 11 is 0. The third-order valence-corrected chi connectivity index (χ3v) is 3.47. The monoisotopic (exact) mass is 335 g/mol. The normalized spacial score (nSPS) is 10.8. The Morgan fingerprint density at radius 3 is 1.92 bits per heavy atom. The summed E-state index contributed by atoms with van der Waals surface area (Å²) in [6, 6.07) is 8.91. The van der Waals surface area contributed by atoms with E-state index in [1.165, 1.54) is 22.2 Å². The van der Waals surface area contributed by atoms with Crippen molar-refractivity contribution < 1.29 is 0 Å². The number of aromatic nitrogens is 1. The molecule has 0 fully saturated rings. The summed E-state index contributed by atoms with van der Waals surface area (Å²) in [5.41, 5.74) is 3.91. The first-order valence-electron chi connectivity index (χ1n) is 9.60. The van der Waals surface area contributed by atoms with Gasteiger partial charge in [-0.1, -0.05) is 73.6 Å². The first kappa shape index (κ1) is 24.9. The minimum Gasteiger partial charge on any atom is -0.357 e. The topological polar surface area (TPSA) is 39.9 Å². The molecule has 3 nitrogen and oxygen atoms in total. The molecule has 0 aliphatic rings. The molecule has 24 heavy (non-hydrogen) atoms. The lowest BCUT2D eigenvalue weighted by atomic mass is 9.93. The molecular formula is C21H41N3. The van der Waals surface area contributed by atoms with E-state index in [-0.39, 0.29) is 0 Å². The lowest BCUT2D eigenvalue weighted by Crippen LogP contribution is -2.23. The molecule has 0 aliphatic carbocycles. The minimum atomic E-state index is 0.379. The number of H-pyrrole nitrogens is 1. The second-order valence-corrected chi connectivity index (χ2v) is 5.10. The molecule has 3 N–H and O–H groups in total. The maximum atomic E-state index is 3.53. The van der Waals surface area contributed by atoms with Crippen LogP contribution in [0.15, 0.2) is 24.3 Å². The summed E-state index contributed by atoms with van der Waals surface area (Å²) in [7, 11) is 4.02. The summed E-state index contributed by atoms with van der Waals surface area (Å²) in [4.78, 5) is 3.53. The number of para-hydroxylation sites is 1. The molecule has 1 heterocycles. The highest BCUT2D eigenvalue weighted by Gasteiger charge is 2.21. The van der Waals surface area contributed by atoms with Gasteiger partial charge >= 0.3 is 0 Å². The maximum Gasteiger partial charge on any atom is 0.0459 e. The zero-order valence-electron chi connectivity index (χ0n) is 17.7. The van der Waals surface area contributed by atoms with Crippen LogP contribution < -0.4 is 10.6 Å². The average Bonchev–Trinajstić information content (AvgIpc) is 2.99. The van der Waals surface area contributed by atoms with E-state index in [1.54, 1.807) is 0 Å². The molecule has 1 aromatic heterocycles. The van der Waals surface area contributed by atoms with Crippen LogP contribution in [0.3, 0.4) is 0 Å². The van der Waals surface area contributed by atoms with E-state index < -0.39 is 0 Å². The van der Waals surface area contributed by atoms with Gasteiger partial charge in [0.05, 0.1) is 0 Å². The molecule has 1 atom stereocenters. The van der Waals surface area contributed by atoms with Gasteiger partial charge in [-0.05, 0) is 31.6 Å². The first-order valence-corrected chi connectivity index (χ1v) is 9.60. The van der Waals surface area contributed by atoms with Crippen molar-refractivity contribution in [2.45, 2.75) is 68.0 Å². The number of benzene rings is 1. The van der Waals surface area contributed by atoms with Crippen molar-refractivity contribution in [2.75, 3.05) is 14.1 Å². The van der Waals surface area contributed by atoms with Crippen LogP contribution in [0, 0.1) is 5.92 Å². The predicted molar refractivity (Wildman–Crippen MR) is 112 cm³/mol. The van der Waals surface area contributed by atoms with Gasteiger partial charge in [-0.15, -0.1) is 0 Å². The number of hydrogen-bond donors (Lipinski definition) is 3. The highest BCUT2D eigenvalue weighted by molar-refractivity contribution is 5.85. The molecule has 1 unspecified atom stereocenters. The molecule has 0 saturated carbocycles. The van der Waals surface area contributed by atoms with Gasteiger partial charge in [-0.3, -0.25) is 0 Å². The molecular weight excluding hydrogens is 294 g/mol. The Balaban J connectivity index is 0. The summed E-state index contributed by atoms with van der Waals surface area (Å²) in [5.74, 6) is 0.560. The van der Waals surface area contributed by atoms with E-state index in [9.17, 15) is 0 Å². The number of nitrogens with one attached hydrogen (secondary N) is 3. The Kier molecular flexibility index (Phi) is 15.8. The second kappa shape index (κ2) is 15.2. The van der Waals surface area contributed by atoms with Crippen LogP contribution in [-0.4, -0.2) is 19.1 Å². The molecule has 0 aliphatic heterocycles. The number of aromatic amines is 1. The smallest absolute Gasteiger partial charge is 0.0459 e. The summed E-state index contributed by atoms with van der Waals surface area (Å²) < 4.78 is 0. The SMILES string of the molecule is CC.CC.CC.CNCc1[nH]c2ccccc2c1C(NC)C(C)C. The number of rotatable bonds is 5. The average molecular weight is 336 g/mol. The molecule has 140 valence electrons. The largest absolute Gasteiger partial charge is 0.357 e. The van der Waals surface area contributed by atoms with Crippen molar-refractivity contribution in [2.24, 2.45) is 5.92 Å². The Morgan fingerprint density at radius 1 is 0.917 bits per heavy atom. The van der Waals surface area contributed by atoms with Gasteiger partial charge in [0.1, 0.15) is 0 Å². The zero-order chi connectivity index (χ0) is 19.1. The van der Waals surface area contributed by atoms with Crippen molar-refractivity contribution in [1.29, 1.82) is 0 Å². The van der Waals surface area contributed by atoms with Gasteiger partial charge in [0.15, 0.2) is 0 Å². The fourth-order valence-corrected chi connectivity index (χ4v) is 2.70. The molecule has 0 bridgehead atoms. The van der Waals surface area contributed by atoms with E-state index in [2.05, 4.69) is 53.7 Å². The van der Waals surface area contributed by atoms with Gasteiger partial charge in [0, 0.05) is 29.2 Å². The van der Waals surface area contributed by atoms with Gasteiger partial charge in [-0.25, -0.2) is 0 Å². The van der Waals surface area contributed by atoms with Gasteiger partial charge in [0.25, 0.3) is 0 Å².